The highest BCUT2D eigenvalue weighted by atomic mass is 32.2. The molecule has 0 aromatic heterocycles. The monoisotopic (exact) mass is 662 g/mol. The Balaban J connectivity index is 1.95. The largest absolute Gasteiger partial charge is 0.223 e. The summed E-state index contributed by atoms with van der Waals surface area (Å²) in [5, 5.41) is -1.65. The van der Waals surface area contributed by atoms with Crippen LogP contribution in [0.5, 0.6) is 0 Å². The first kappa shape index (κ1) is 36.3. The van der Waals surface area contributed by atoms with Crippen LogP contribution in [0.4, 0.5) is 0 Å². The molecule has 0 heterocycles. The highest BCUT2D eigenvalue weighted by Gasteiger charge is 2.29. The van der Waals surface area contributed by atoms with Gasteiger partial charge in [0.2, 0.25) is 0 Å². The van der Waals surface area contributed by atoms with Gasteiger partial charge in [0.15, 0.2) is 19.7 Å². The zero-order chi connectivity index (χ0) is 32.9. The summed E-state index contributed by atoms with van der Waals surface area (Å²) in [7, 11) is -7.44. The molecule has 2 atom stereocenters. The molecule has 7 heteroatoms. The van der Waals surface area contributed by atoms with Crippen molar-refractivity contribution in [3.8, 4) is 0 Å². The van der Waals surface area contributed by atoms with Gasteiger partial charge < -0.3 is 0 Å². The second-order valence-electron chi connectivity index (χ2n) is 11.7. The van der Waals surface area contributed by atoms with Gasteiger partial charge in [0, 0.05) is 10.6 Å². The Morgan fingerprint density at radius 1 is 0.600 bits per heavy atom. The molecular weight excluding hydrogens is 617 g/mol. The van der Waals surface area contributed by atoms with Crippen LogP contribution in [0.3, 0.4) is 0 Å². The first-order valence-corrected chi connectivity index (χ1v) is 19.4. The molecule has 0 bridgehead atoms. The molecule has 0 saturated carbocycles. The standard InChI is InChI=1S/C38H46O4S3/c1-30(2)16-15-17-31(3)26-37(44(39,40)35-20-11-7-12-21-35)28-33(5)29-38(45(41,42)36-22-13-8-14-23-36)27-32(4)24-25-43-34-18-9-6-10-19-34/h6-14,16,18-24,26,29,37-38H,15,17,25,27-28H2,1-5H3. The van der Waals surface area contributed by atoms with Crippen molar-refractivity contribution < 1.29 is 16.8 Å². The predicted molar refractivity (Wildman–Crippen MR) is 191 cm³/mol. The summed E-state index contributed by atoms with van der Waals surface area (Å²) in [6.07, 6.45) is 9.96. The normalized spacial score (nSPS) is 14.6. The lowest BCUT2D eigenvalue weighted by atomic mass is 10.0. The van der Waals surface area contributed by atoms with E-state index in [0.29, 0.717) is 6.42 Å². The molecule has 4 nitrogen and oxygen atoms in total. The Bertz CT molecular complexity index is 1700. The number of rotatable bonds is 16. The highest BCUT2D eigenvalue weighted by Crippen LogP contribution is 2.28. The van der Waals surface area contributed by atoms with Crippen LogP contribution in [-0.2, 0) is 19.7 Å². The zero-order valence-electron chi connectivity index (χ0n) is 27.0. The lowest BCUT2D eigenvalue weighted by Crippen LogP contribution is -2.23. The molecule has 2 unspecified atom stereocenters. The molecule has 240 valence electrons. The van der Waals surface area contributed by atoms with Gasteiger partial charge in [-0.3, -0.25) is 0 Å². The minimum Gasteiger partial charge on any atom is -0.223 e. The van der Waals surface area contributed by atoms with E-state index in [1.807, 2.05) is 45.0 Å². The number of hydrogen-bond acceptors (Lipinski definition) is 5. The van der Waals surface area contributed by atoms with Gasteiger partial charge >= 0.3 is 0 Å². The summed E-state index contributed by atoms with van der Waals surface area (Å²) in [6, 6.07) is 27.1. The summed E-state index contributed by atoms with van der Waals surface area (Å²) in [4.78, 5) is 1.67. The van der Waals surface area contributed by atoms with E-state index in [1.54, 1.807) is 78.5 Å². The Hall–Kier alpha value is -3.13. The molecule has 0 N–H and O–H groups in total. The van der Waals surface area contributed by atoms with Gasteiger partial charge in [0.05, 0.1) is 20.3 Å². The molecule has 3 aromatic carbocycles. The van der Waals surface area contributed by atoms with Crippen molar-refractivity contribution in [2.45, 2.75) is 85.5 Å². The summed E-state index contributed by atoms with van der Waals surface area (Å²) in [5.74, 6) is 0.727. The lowest BCUT2D eigenvalue weighted by molar-refractivity contribution is 0.586. The Morgan fingerprint density at radius 2 is 1.04 bits per heavy atom. The van der Waals surface area contributed by atoms with Crippen LogP contribution in [-0.4, -0.2) is 33.1 Å². The smallest absolute Gasteiger partial charge is 0.185 e. The maximum Gasteiger partial charge on any atom is 0.185 e. The highest BCUT2D eigenvalue weighted by molar-refractivity contribution is 7.99. The van der Waals surface area contributed by atoms with Crippen molar-refractivity contribution in [2.24, 2.45) is 0 Å². The third-order valence-corrected chi connectivity index (χ3v) is 12.4. The van der Waals surface area contributed by atoms with Crippen molar-refractivity contribution in [3.05, 3.63) is 138 Å². The van der Waals surface area contributed by atoms with E-state index in [2.05, 4.69) is 38.1 Å². The Kier molecular flexibility index (Phi) is 14.2. The molecule has 3 aromatic rings. The van der Waals surface area contributed by atoms with Crippen LogP contribution < -0.4 is 0 Å². The summed E-state index contributed by atoms with van der Waals surface area (Å²) >= 11 is 1.70. The average molecular weight is 663 g/mol. The molecule has 0 aliphatic carbocycles. The minimum atomic E-state index is -3.73. The van der Waals surface area contributed by atoms with E-state index < -0.39 is 30.2 Å². The van der Waals surface area contributed by atoms with Crippen molar-refractivity contribution in [1.29, 1.82) is 0 Å². The Morgan fingerprint density at radius 3 is 1.53 bits per heavy atom. The fourth-order valence-electron chi connectivity index (χ4n) is 4.98. The molecule has 0 aliphatic rings. The van der Waals surface area contributed by atoms with Crippen LogP contribution in [0, 0.1) is 0 Å². The number of allylic oxidation sites excluding steroid dienone is 5. The van der Waals surface area contributed by atoms with E-state index in [1.165, 1.54) is 5.57 Å². The molecule has 0 radical (unpaired) electrons. The van der Waals surface area contributed by atoms with Gasteiger partial charge in [-0.2, -0.15) is 0 Å². The number of hydrogen-bond donors (Lipinski definition) is 0. The van der Waals surface area contributed by atoms with E-state index in [-0.39, 0.29) is 16.2 Å². The minimum absolute atomic E-state index is 0.199. The lowest BCUT2D eigenvalue weighted by Gasteiger charge is -2.19. The molecule has 0 amide bonds. The van der Waals surface area contributed by atoms with Gasteiger partial charge in [-0.25, -0.2) is 16.8 Å². The third kappa shape index (κ3) is 11.6. The summed E-state index contributed by atoms with van der Waals surface area (Å²) < 4.78 is 55.7. The third-order valence-electron chi connectivity index (χ3n) is 7.44. The zero-order valence-corrected chi connectivity index (χ0v) is 29.5. The van der Waals surface area contributed by atoms with Gasteiger partial charge in [-0.05, 0) is 96.7 Å². The van der Waals surface area contributed by atoms with E-state index >= 15 is 0 Å². The second-order valence-corrected chi connectivity index (χ2v) is 17.1. The maximum atomic E-state index is 13.9. The first-order chi connectivity index (χ1) is 21.4. The van der Waals surface area contributed by atoms with Crippen LogP contribution in [0.2, 0.25) is 0 Å². The van der Waals surface area contributed by atoms with Crippen molar-refractivity contribution in [2.75, 3.05) is 5.75 Å². The Labute approximate surface area is 275 Å². The van der Waals surface area contributed by atoms with Crippen molar-refractivity contribution >= 4 is 31.4 Å². The van der Waals surface area contributed by atoms with Gasteiger partial charge in [0.1, 0.15) is 0 Å². The quantitative estimate of drug-likeness (QED) is 0.113. The molecule has 0 saturated heterocycles. The number of sulfone groups is 2. The van der Waals surface area contributed by atoms with Crippen LogP contribution in [0.25, 0.3) is 0 Å². The molecule has 3 rings (SSSR count). The van der Waals surface area contributed by atoms with Crippen LogP contribution in [0.1, 0.15) is 60.3 Å². The summed E-state index contributed by atoms with van der Waals surface area (Å²) in [5.41, 5.74) is 3.91. The van der Waals surface area contributed by atoms with E-state index in [0.717, 1.165) is 40.2 Å². The number of thioether (sulfide) groups is 1. The van der Waals surface area contributed by atoms with Crippen LogP contribution >= 0.6 is 11.8 Å². The molecule has 0 aliphatic heterocycles. The van der Waals surface area contributed by atoms with Crippen LogP contribution in [0.15, 0.2) is 152 Å². The molecule has 0 fully saturated rings. The second kappa shape index (κ2) is 17.5. The van der Waals surface area contributed by atoms with Gasteiger partial charge in [0.25, 0.3) is 0 Å². The first-order valence-electron chi connectivity index (χ1n) is 15.3. The fourth-order valence-corrected chi connectivity index (χ4v) is 9.45. The SMILES string of the molecule is CC(C)=CCCC(C)=CC(CC(C)=CC(CC(C)=CCSc1ccccc1)S(=O)(=O)c1ccccc1)S(=O)(=O)c1ccccc1. The van der Waals surface area contributed by atoms with Crippen molar-refractivity contribution in [3.63, 3.8) is 0 Å². The summed E-state index contributed by atoms with van der Waals surface area (Å²) in [6.45, 7) is 9.88. The maximum absolute atomic E-state index is 13.9. The number of benzene rings is 3. The van der Waals surface area contributed by atoms with Gasteiger partial charge in [-0.15, -0.1) is 11.8 Å². The molecule has 45 heavy (non-hydrogen) atoms. The topological polar surface area (TPSA) is 68.3 Å². The fraction of sp³-hybridized carbons (Fsp3) is 0.316. The van der Waals surface area contributed by atoms with Gasteiger partial charge in [-0.1, -0.05) is 101 Å². The average Bonchev–Trinajstić information content (AvgIpc) is 3.01. The molecular formula is C38H46O4S3. The predicted octanol–water partition coefficient (Wildman–Crippen LogP) is 9.83. The van der Waals surface area contributed by atoms with Crippen molar-refractivity contribution in [1.82, 2.24) is 0 Å². The molecule has 0 spiro atoms. The van der Waals surface area contributed by atoms with E-state index in [9.17, 15) is 16.8 Å². The van der Waals surface area contributed by atoms with E-state index in [4.69, 9.17) is 0 Å².